The summed E-state index contributed by atoms with van der Waals surface area (Å²) >= 11 is 3.43. The monoisotopic (exact) mass is 358 g/mol. The lowest BCUT2D eigenvalue weighted by Gasteiger charge is -2.05. The summed E-state index contributed by atoms with van der Waals surface area (Å²) in [5.41, 5.74) is 1.92. The molecular formula is C16H15BrN4O. The van der Waals surface area contributed by atoms with Gasteiger partial charge in [-0.15, -0.1) is 10.2 Å². The molecule has 3 aromatic rings. The third kappa shape index (κ3) is 3.51. The Hall–Kier alpha value is -2.21. The Bertz CT molecular complexity index is 799. The average Bonchev–Trinajstić information content (AvgIpc) is 2.94. The van der Waals surface area contributed by atoms with E-state index in [1.54, 1.807) is 0 Å². The van der Waals surface area contributed by atoms with Crippen LogP contribution in [0, 0.1) is 0 Å². The number of aryl methyl sites for hydroxylation is 1. The number of fused-ring (bicyclic) bond motifs is 1. The van der Waals surface area contributed by atoms with E-state index in [-0.39, 0.29) is 5.91 Å². The Morgan fingerprint density at radius 1 is 1.18 bits per heavy atom. The molecule has 22 heavy (non-hydrogen) atoms. The number of pyridine rings is 1. The standard InChI is InChI=1S/C16H15BrN4O/c17-13-5-3-4-12(10-13)7-8-16(22)18-11-15-20-19-14-6-1-2-9-21(14)15/h1-6,9-10H,7-8,11H2,(H,18,22). The summed E-state index contributed by atoms with van der Waals surface area (Å²) in [5, 5.41) is 11.0. The van der Waals surface area contributed by atoms with E-state index in [0.29, 0.717) is 19.4 Å². The van der Waals surface area contributed by atoms with Crippen molar-refractivity contribution >= 4 is 27.5 Å². The zero-order valence-electron chi connectivity index (χ0n) is 11.9. The van der Waals surface area contributed by atoms with Gasteiger partial charge in [0.1, 0.15) is 0 Å². The minimum absolute atomic E-state index is 0.00709. The molecule has 0 atom stereocenters. The van der Waals surface area contributed by atoms with E-state index in [0.717, 1.165) is 21.5 Å². The molecule has 3 rings (SSSR count). The van der Waals surface area contributed by atoms with E-state index in [1.165, 1.54) is 0 Å². The van der Waals surface area contributed by atoms with Gasteiger partial charge in [0.2, 0.25) is 5.91 Å². The van der Waals surface area contributed by atoms with Gasteiger partial charge in [0.25, 0.3) is 0 Å². The van der Waals surface area contributed by atoms with Crippen LogP contribution in [0.4, 0.5) is 0 Å². The van der Waals surface area contributed by atoms with E-state index in [4.69, 9.17) is 0 Å². The van der Waals surface area contributed by atoms with E-state index in [2.05, 4.69) is 31.4 Å². The molecule has 2 aromatic heterocycles. The first-order chi connectivity index (χ1) is 10.7. The van der Waals surface area contributed by atoms with Gasteiger partial charge in [0.15, 0.2) is 11.5 Å². The topological polar surface area (TPSA) is 59.3 Å². The summed E-state index contributed by atoms with van der Waals surface area (Å²) in [6.45, 7) is 0.377. The molecule has 0 bridgehead atoms. The van der Waals surface area contributed by atoms with Crippen molar-refractivity contribution in [3.05, 3.63) is 64.5 Å². The fourth-order valence-electron chi connectivity index (χ4n) is 2.23. The largest absolute Gasteiger partial charge is 0.349 e. The van der Waals surface area contributed by atoms with Gasteiger partial charge >= 0.3 is 0 Å². The first-order valence-corrected chi connectivity index (χ1v) is 7.81. The molecule has 2 heterocycles. The SMILES string of the molecule is O=C(CCc1cccc(Br)c1)NCc1nnc2ccccn12. The number of carbonyl (C=O) groups excluding carboxylic acids is 1. The summed E-state index contributed by atoms with van der Waals surface area (Å²) in [7, 11) is 0. The van der Waals surface area contributed by atoms with Crippen LogP contribution in [0.5, 0.6) is 0 Å². The van der Waals surface area contributed by atoms with Gasteiger partial charge in [-0.25, -0.2) is 0 Å². The number of hydrogen-bond donors (Lipinski definition) is 1. The van der Waals surface area contributed by atoms with Gasteiger partial charge in [-0.05, 0) is 36.2 Å². The Kier molecular flexibility index (Phi) is 4.48. The summed E-state index contributed by atoms with van der Waals surface area (Å²) in [5.74, 6) is 0.735. The van der Waals surface area contributed by atoms with Crippen molar-refractivity contribution in [3.63, 3.8) is 0 Å². The van der Waals surface area contributed by atoms with Crippen molar-refractivity contribution in [1.82, 2.24) is 19.9 Å². The molecule has 112 valence electrons. The van der Waals surface area contributed by atoms with Gasteiger partial charge in [-0.1, -0.05) is 34.1 Å². The second-order valence-corrected chi connectivity index (χ2v) is 5.87. The Morgan fingerprint density at radius 2 is 2.09 bits per heavy atom. The lowest BCUT2D eigenvalue weighted by molar-refractivity contribution is -0.121. The number of nitrogens with zero attached hydrogens (tertiary/aromatic N) is 3. The number of halogens is 1. The zero-order chi connectivity index (χ0) is 15.4. The van der Waals surface area contributed by atoms with Crippen molar-refractivity contribution in [3.8, 4) is 0 Å². The molecule has 0 spiro atoms. The maximum absolute atomic E-state index is 12.0. The minimum Gasteiger partial charge on any atom is -0.349 e. The number of benzene rings is 1. The molecule has 1 N–H and O–H groups in total. The maximum Gasteiger partial charge on any atom is 0.220 e. The highest BCUT2D eigenvalue weighted by atomic mass is 79.9. The minimum atomic E-state index is 0.00709. The second kappa shape index (κ2) is 6.70. The van der Waals surface area contributed by atoms with Crippen molar-refractivity contribution < 1.29 is 4.79 Å². The molecule has 1 amide bonds. The van der Waals surface area contributed by atoms with Crippen LogP contribution in [-0.2, 0) is 17.8 Å². The molecule has 0 saturated carbocycles. The Balaban J connectivity index is 1.54. The average molecular weight is 359 g/mol. The number of nitrogens with one attached hydrogen (secondary N) is 1. The smallest absolute Gasteiger partial charge is 0.220 e. The third-order valence-corrected chi connectivity index (χ3v) is 3.85. The van der Waals surface area contributed by atoms with Gasteiger partial charge in [0, 0.05) is 17.1 Å². The predicted molar refractivity (Wildman–Crippen MR) is 87.3 cm³/mol. The van der Waals surface area contributed by atoms with Crippen LogP contribution in [0.25, 0.3) is 5.65 Å². The molecule has 0 aliphatic carbocycles. The predicted octanol–water partition coefficient (Wildman–Crippen LogP) is 2.74. The molecular weight excluding hydrogens is 344 g/mol. The molecule has 5 nitrogen and oxygen atoms in total. The molecule has 0 fully saturated rings. The van der Waals surface area contributed by atoms with Crippen molar-refractivity contribution in [2.24, 2.45) is 0 Å². The summed E-state index contributed by atoms with van der Waals surface area (Å²) in [6, 6.07) is 13.7. The Morgan fingerprint density at radius 3 is 2.95 bits per heavy atom. The van der Waals surface area contributed by atoms with Crippen LogP contribution in [0.2, 0.25) is 0 Å². The number of aromatic nitrogens is 3. The van der Waals surface area contributed by atoms with Gasteiger partial charge in [-0.2, -0.15) is 0 Å². The van der Waals surface area contributed by atoms with Crippen LogP contribution in [-0.4, -0.2) is 20.5 Å². The lowest BCUT2D eigenvalue weighted by atomic mass is 10.1. The molecule has 0 unspecified atom stereocenters. The van der Waals surface area contributed by atoms with Crippen LogP contribution >= 0.6 is 15.9 Å². The maximum atomic E-state index is 12.0. The van der Waals surface area contributed by atoms with E-state index in [1.807, 2.05) is 53.1 Å². The second-order valence-electron chi connectivity index (χ2n) is 4.95. The van der Waals surface area contributed by atoms with Crippen LogP contribution < -0.4 is 5.32 Å². The van der Waals surface area contributed by atoms with Gasteiger partial charge in [-0.3, -0.25) is 9.20 Å². The quantitative estimate of drug-likeness (QED) is 0.762. The van der Waals surface area contributed by atoms with E-state index < -0.39 is 0 Å². The fraction of sp³-hybridized carbons (Fsp3) is 0.188. The molecule has 0 radical (unpaired) electrons. The summed E-state index contributed by atoms with van der Waals surface area (Å²) < 4.78 is 2.90. The molecule has 6 heteroatoms. The fourth-order valence-corrected chi connectivity index (χ4v) is 2.67. The van der Waals surface area contributed by atoms with E-state index in [9.17, 15) is 4.79 Å². The normalized spacial score (nSPS) is 10.8. The highest BCUT2D eigenvalue weighted by Gasteiger charge is 2.07. The molecule has 0 aliphatic heterocycles. The third-order valence-electron chi connectivity index (χ3n) is 3.36. The van der Waals surface area contributed by atoms with Crippen LogP contribution in [0.3, 0.4) is 0 Å². The van der Waals surface area contributed by atoms with Crippen LogP contribution in [0.1, 0.15) is 17.8 Å². The van der Waals surface area contributed by atoms with Crippen molar-refractivity contribution in [1.29, 1.82) is 0 Å². The van der Waals surface area contributed by atoms with Gasteiger partial charge in [0.05, 0.1) is 6.54 Å². The molecule has 0 aliphatic rings. The van der Waals surface area contributed by atoms with Gasteiger partial charge < -0.3 is 5.32 Å². The summed E-state index contributed by atoms with van der Waals surface area (Å²) in [4.78, 5) is 12.0. The number of amides is 1. The van der Waals surface area contributed by atoms with Crippen molar-refractivity contribution in [2.45, 2.75) is 19.4 Å². The zero-order valence-corrected chi connectivity index (χ0v) is 13.5. The van der Waals surface area contributed by atoms with E-state index >= 15 is 0 Å². The van der Waals surface area contributed by atoms with Crippen LogP contribution in [0.15, 0.2) is 53.1 Å². The first-order valence-electron chi connectivity index (χ1n) is 7.02. The number of carbonyl (C=O) groups is 1. The summed E-state index contributed by atoms with van der Waals surface area (Å²) in [6.07, 6.45) is 3.05. The Labute approximate surface area is 136 Å². The first kappa shape index (κ1) is 14.7. The number of hydrogen-bond acceptors (Lipinski definition) is 3. The highest BCUT2D eigenvalue weighted by Crippen LogP contribution is 2.13. The molecule has 0 saturated heterocycles. The number of rotatable bonds is 5. The highest BCUT2D eigenvalue weighted by molar-refractivity contribution is 9.10. The van der Waals surface area contributed by atoms with Crippen molar-refractivity contribution in [2.75, 3.05) is 0 Å². The lowest BCUT2D eigenvalue weighted by Crippen LogP contribution is -2.24. The molecule has 1 aromatic carbocycles.